The smallest absolute Gasteiger partial charge is 0.123 e. The van der Waals surface area contributed by atoms with Crippen LogP contribution < -0.4 is 0 Å². The van der Waals surface area contributed by atoms with Crippen LogP contribution in [0.15, 0.2) is 41.8 Å². The average molecular weight is 269 g/mol. The fourth-order valence-corrected chi connectivity index (χ4v) is 3.02. The number of hydrogen-bond acceptors (Lipinski definition) is 3. The number of hydrogen-bond donors (Lipinski definition) is 1. The van der Waals surface area contributed by atoms with Gasteiger partial charge in [-0.1, -0.05) is 35.9 Å². The molecule has 0 aliphatic carbocycles. The van der Waals surface area contributed by atoms with Crippen LogP contribution in [0.2, 0.25) is 0 Å². The topological polar surface area (TPSA) is 33.1 Å². The van der Waals surface area contributed by atoms with E-state index in [1.54, 1.807) is 11.3 Å². The molecule has 0 atom stereocenters. The van der Waals surface area contributed by atoms with Crippen LogP contribution in [0.25, 0.3) is 21.3 Å². The summed E-state index contributed by atoms with van der Waals surface area (Å²) in [5, 5.41) is 14.5. The third-order valence-corrected chi connectivity index (χ3v) is 4.10. The van der Waals surface area contributed by atoms with Crippen molar-refractivity contribution in [2.24, 2.45) is 0 Å². The molecule has 19 heavy (non-hydrogen) atoms. The van der Waals surface area contributed by atoms with E-state index in [2.05, 4.69) is 48.3 Å². The summed E-state index contributed by atoms with van der Waals surface area (Å²) in [6.45, 7) is 2.26. The minimum atomic E-state index is 0.153. The first-order valence-corrected chi connectivity index (χ1v) is 7.20. The van der Waals surface area contributed by atoms with E-state index in [-0.39, 0.29) is 6.61 Å². The molecule has 0 radical (unpaired) electrons. The molecule has 0 aliphatic heterocycles. The van der Waals surface area contributed by atoms with Gasteiger partial charge in [0.15, 0.2) is 0 Å². The molecule has 0 spiro atoms. The number of thiazole rings is 1. The molecule has 0 saturated carbocycles. The van der Waals surface area contributed by atoms with Gasteiger partial charge in [-0.2, -0.15) is 0 Å². The lowest BCUT2D eigenvalue weighted by atomic mass is 10.1. The highest BCUT2D eigenvalue weighted by Crippen LogP contribution is 2.27. The van der Waals surface area contributed by atoms with Gasteiger partial charge in [0.25, 0.3) is 0 Å². The van der Waals surface area contributed by atoms with Crippen LogP contribution in [0.5, 0.6) is 0 Å². The molecule has 2 nitrogen and oxygen atoms in total. The number of rotatable bonds is 3. The Balaban J connectivity index is 2.02. The van der Waals surface area contributed by atoms with E-state index in [0.717, 1.165) is 16.3 Å². The van der Waals surface area contributed by atoms with Crippen LogP contribution in [0.4, 0.5) is 0 Å². The van der Waals surface area contributed by atoms with Crippen molar-refractivity contribution in [1.29, 1.82) is 0 Å². The molecule has 3 rings (SSSR count). The van der Waals surface area contributed by atoms with Gasteiger partial charge in [0.05, 0.1) is 5.69 Å². The minimum Gasteiger partial charge on any atom is -0.396 e. The Labute approximate surface area is 116 Å². The molecule has 3 aromatic rings. The Morgan fingerprint density at radius 1 is 1.11 bits per heavy atom. The van der Waals surface area contributed by atoms with Gasteiger partial charge in [-0.05, 0) is 23.8 Å². The SMILES string of the molecule is Cc1ccc2cc(-c3nc(CCO)cs3)ccc2c1. The summed E-state index contributed by atoms with van der Waals surface area (Å²) in [6.07, 6.45) is 0.628. The summed E-state index contributed by atoms with van der Waals surface area (Å²) in [5.74, 6) is 0. The van der Waals surface area contributed by atoms with Gasteiger partial charge in [-0.25, -0.2) is 4.98 Å². The van der Waals surface area contributed by atoms with Crippen molar-refractivity contribution in [2.75, 3.05) is 6.61 Å². The number of aryl methyl sites for hydroxylation is 1. The van der Waals surface area contributed by atoms with Gasteiger partial charge in [-0.15, -0.1) is 11.3 Å². The average Bonchev–Trinajstić information content (AvgIpc) is 2.87. The van der Waals surface area contributed by atoms with Crippen molar-refractivity contribution in [3.8, 4) is 10.6 Å². The summed E-state index contributed by atoms with van der Waals surface area (Å²) < 4.78 is 0. The largest absolute Gasteiger partial charge is 0.396 e. The molecular weight excluding hydrogens is 254 g/mol. The van der Waals surface area contributed by atoms with E-state index in [0.29, 0.717) is 6.42 Å². The predicted octanol–water partition coefficient (Wildman–Crippen LogP) is 3.81. The summed E-state index contributed by atoms with van der Waals surface area (Å²) in [4.78, 5) is 4.55. The maximum atomic E-state index is 8.93. The van der Waals surface area contributed by atoms with Crippen LogP contribution in [0.3, 0.4) is 0 Å². The van der Waals surface area contributed by atoms with Gasteiger partial charge >= 0.3 is 0 Å². The maximum Gasteiger partial charge on any atom is 0.123 e. The molecular formula is C16H15NOS. The molecule has 0 bridgehead atoms. The molecule has 0 aliphatic rings. The Morgan fingerprint density at radius 2 is 1.89 bits per heavy atom. The lowest BCUT2D eigenvalue weighted by molar-refractivity contribution is 0.298. The van der Waals surface area contributed by atoms with E-state index in [1.165, 1.54) is 16.3 Å². The second-order valence-electron chi connectivity index (χ2n) is 4.68. The van der Waals surface area contributed by atoms with Crippen molar-refractivity contribution in [3.05, 3.63) is 53.0 Å². The summed E-state index contributed by atoms with van der Waals surface area (Å²) >= 11 is 1.63. The third-order valence-electron chi connectivity index (χ3n) is 3.16. The fourth-order valence-electron chi connectivity index (χ4n) is 2.17. The monoisotopic (exact) mass is 269 g/mol. The van der Waals surface area contributed by atoms with E-state index in [4.69, 9.17) is 5.11 Å². The highest BCUT2D eigenvalue weighted by Gasteiger charge is 2.05. The third kappa shape index (κ3) is 2.53. The second-order valence-corrected chi connectivity index (χ2v) is 5.54. The number of aliphatic hydroxyl groups is 1. The molecule has 0 amide bonds. The number of aliphatic hydroxyl groups excluding tert-OH is 1. The van der Waals surface area contributed by atoms with Crippen molar-refractivity contribution in [2.45, 2.75) is 13.3 Å². The lowest BCUT2D eigenvalue weighted by Gasteiger charge is -2.02. The molecule has 1 N–H and O–H groups in total. The first kappa shape index (κ1) is 12.3. The molecule has 2 aromatic carbocycles. The van der Waals surface area contributed by atoms with Crippen molar-refractivity contribution in [1.82, 2.24) is 4.98 Å². The van der Waals surface area contributed by atoms with Gasteiger partial charge < -0.3 is 5.11 Å². The van der Waals surface area contributed by atoms with Crippen LogP contribution in [-0.4, -0.2) is 16.7 Å². The minimum absolute atomic E-state index is 0.153. The Bertz CT molecular complexity index is 718. The maximum absolute atomic E-state index is 8.93. The van der Waals surface area contributed by atoms with E-state index in [9.17, 15) is 0 Å². The lowest BCUT2D eigenvalue weighted by Crippen LogP contribution is -1.90. The normalized spacial score (nSPS) is 11.1. The standard InChI is InChI=1S/C16H15NOS/c1-11-2-3-13-9-14(5-4-12(13)8-11)16-17-15(6-7-18)10-19-16/h2-5,8-10,18H,6-7H2,1H3. The number of benzene rings is 2. The molecule has 96 valence electrons. The molecule has 1 aromatic heterocycles. The zero-order chi connectivity index (χ0) is 13.2. The number of nitrogens with zero attached hydrogens (tertiary/aromatic N) is 1. The quantitative estimate of drug-likeness (QED) is 0.784. The van der Waals surface area contributed by atoms with Crippen molar-refractivity contribution < 1.29 is 5.11 Å². The van der Waals surface area contributed by atoms with E-state index in [1.807, 2.05) is 5.38 Å². The van der Waals surface area contributed by atoms with E-state index < -0.39 is 0 Å². The van der Waals surface area contributed by atoms with Crippen molar-refractivity contribution in [3.63, 3.8) is 0 Å². The number of fused-ring (bicyclic) bond motifs is 1. The zero-order valence-corrected chi connectivity index (χ0v) is 11.6. The summed E-state index contributed by atoms with van der Waals surface area (Å²) in [5.41, 5.74) is 3.39. The Morgan fingerprint density at radius 3 is 2.74 bits per heavy atom. The molecule has 0 saturated heterocycles. The number of aromatic nitrogens is 1. The van der Waals surface area contributed by atoms with Crippen LogP contribution >= 0.6 is 11.3 Å². The van der Waals surface area contributed by atoms with Crippen molar-refractivity contribution >= 4 is 22.1 Å². The Hall–Kier alpha value is -1.71. The highest BCUT2D eigenvalue weighted by molar-refractivity contribution is 7.13. The predicted molar refractivity (Wildman–Crippen MR) is 80.6 cm³/mol. The van der Waals surface area contributed by atoms with Gasteiger partial charge in [0.2, 0.25) is 0 Å². The van der Waals surface area contributed by atoms with Crippen LogP contribution in [0.1, 0.15) is 11.3 Å². The first-order chi connectivity index (χ1) is 9.26. The first-order valence-electron chi connectivity index (χ1n) is 6.32. The second kappa shape index (κ2) is 5.11. The molecule has 3 heteroatoms. The molecule has 1 heterocycles. The van der Waals surface area contributed by atoms with Gasteiger partial charge in [-0.3, -0.25) is 0 Å². The molecule has 0 unspecified atom stereocenters. The molecule has 0 fully saturated rings. The van der Waals surface area contributed by atoms with Crippen LogP contribution in [0, 0.1) is 6.92 Å². The zero-order valence-electron chi connectivity index (χ0n) is 10.8. The summed E-state index contributed by atoms with van der Waals surface area (Å²) in [6, 6.07) is 12.9. The van der Waals surface area contributed by atoms with Crippen LogP contribution in [-0.2, 0) is 6.42 Å². The van der Waals surface area contributed by atoms with Gasteiger partial charge in [0.1, 0.15) is 5.01 Å². The summed E-state index contributed by atoms with van der Waals surface area (Å²) in [7, 11) is 0. The Kier molecular flexibility index (Phi) is 3.32. The highest BCUT2D eigenvalue weighted by atomic mass is 32.1. The van der Waals surface area contributed by atoms with Gasteiger partial charge in [0, 0.05) is 24.0 Å². The fraction of sp³-hybridized carbons (Fsp3) is 0.188. The van der Waals surface area contributed by atoms with E-state index >= 15 is 0 Å².